The molecule has 0 aliphatic carbocycles. The topological polar surface area (TPSA) is 107 Å². The second-order valence-corrected chi connectivity index (χ2v) is 3.95. The van der Waals surface area contributed by atoms with Gasteiger partial charge in [-0.25, -0.2) is 4.79 Å². The number of carbonyl (C=O) groups is 1. The fourth-order valence-corrected chi connectivity index (χ4v) is 1.52. The molecule has 0 bridgehead atoms. The molecule has 0 saturated heterocycles. The van der Waals surface area contributed by atoms with Crippen molar-refractivity contribution in [3.8, 4) is 6.07 Å². The Morgan fingerprint density at radius 2 is 2.33 bits per heavy atom. The quantitative estimate of drug-likeness (QED) is 0.353. The van der Waals surface area contributed by atoms with Gasteiger partial charge in [-0.05, 0) is 18.6 Å². The van der Waals surface area contributed by atoms with Gasteiger partial charge < -0.3 is 20.5 Å². The number of nitrogens with zero attached hydrogens (tertiary/aromatic N) is 2. The van der Waals surface area contributed by atoms with Crippen molar-refractivity contribution in [2.75, 3.05) is 19.8 Å². The average Bonchev–Trinajstić information content (AvgIpc) is 2.51. The van der Waals surface area contributed by atoms with Crippen molar-refractivity contribution in [2.45, 2.75) is 13.5 Å². The molecule has 0 radical (unpaired) electrons. The van der Waals surface area contributed by atoms with Gasteiger partial charge in [-0.15, -0.1) is 0 Å². The van der Waals surface area contributed by atoms with Crippen molar-refractivity contribution < 1.29 is 14.6 Å². The molecule has 7 heteroatoms. The number of aliphatic hydroxyl groups excluding tert-OH is 1. The lowest BCUT2D eigenvalue weighted by molar-refractivity contribution is -0.138. The highest BCUT2D eigenvalue weighted by atomic mass is 16.5. The molecular formula is C14H18N4O3. The lowest BCUT2D eigenvalue weighted by Crippen LogP contribution is -2.31. The molecule has 0 aliphatic heterocycles. The number of rotatable bonds is 8. The van der Waals surface area contributed by atoms with Crippen molar-refractivity contribution in [2.24, 2.45) is 0 Å². The second-order valence-electron chi connectivity index (χ2n) is 3.95. The van der Waals surface area contributed by atoms with Crippen LogP contribution < -0.4 is 10.6 Å². The van der Waals surface area contributed by atoms with E-state index in [0.717, 1.165) is 5.56 Å². The Kier molecular flexibility index (Phi) is 7.32. The molecule has 21 heavy (non-hydrogen) atoms. The van der Waals surface area contributed by atoms with Gasteiger partial charge in [-0.1, -0.05) is 6.07 Å². The number of aromatic nitrogens is 1. The minimum absolute atomic E-state index is 0.125. The van der Waals surface area contributed by atoms with Crippen molar-refractivity contribution in [3.63, 3.8) is 0 Å². The van der Waals surface area contributed by atoms with Crippen LogP contribution in [0.5, 0.6) is 0 Å². The maximum Gasteiger partial charge on any atom is 0.352 e. The number of carbonyl (C=O) groups excluding carboxylic acids is 1. The predicted octanol–water partition coefficient (Wildman–Crippen LogP) is 0.0514. The van der Waals surface area contributed by atoms with E-state index in [-0.39, 0.29) is 31.2 Å². The minimum Gasteiger partial charge on any atom is -0.462 e. The van der Waals surface area contributed by atoms with Crippen LogP contribution in [0.25, 0.3) is 0 Å². The molecular weight excluding hydrogens is 272 g/mol. The first-order chi connectivity index (χ1) is 10.2. The molecule has 0 unspecified atom stereocenters. The number of nitrogens with one attached hydrogen (secondary N) is 2. The largest absolute Gasteiger partial charge is 0.462 e. The highest BCUT2D eigenvalue weighted by Crippen LogP contribution is 2.03. The van der Waals surface area contributed by atoms with Crippen LogP contribution in [-0.4, -0.2) is 35.8 Å². The van der Waals surface area contributed by atoms with E-state index in [0.29, 0.717) is 6.54 Å². The van der Waals surface area contributed by atoms with Gasteiger partial charge in [0.2, 0.25) is 0 Å². The van der Waals surface area contributed by atoms with Crippen LogP contribution in [0.15, 0.2) is 35.9 Å². The summed E-state index contributed by atoms with van der Waals surface area (Å²) < 4.78 is 4.83. The van der Waals surface area contributed by atoms with Crippen molar-refractivity contribution in [1.29, 1.82) is 5.26 Å². The highest BCUT2D eigenvalue weighted by Gasteiger charge is 2.16. The number of nitriles is 1. The molecule has 3 N–H and O–H groups in total. The monoisotopic (exact) mass is 290 g/mol. The summed E-state index contributed by atoms with van der Waals surface area (Å²) in [7, 11) is 0. The van der Waals surface area contributed by atoms with E-state index in [2.05, 4.69) is 15.6 Å². The molecule has 0 aromatic carbocycles. The van der Waals surface area contributed by atoms with Gasteiger partial charge >= 0.3 is 5.97 Å². The number of pyridine rings is 1. The third-order valence-corrected chi connectivity index (χ3v) is 2.45. The van der Waals surface area contributed by atoms with E-state index < -0.39 is 5.97 Å². The van der Waals surface area contributed by atoms with Crippen LogP contribution in [-0.2, 0) is 16.1 Å². The van der Waals surface area contributed by atoms with Crippen molar-refractivity contribution in [1.82, 2.24) is 15.6 Å². The van der Waals surface area contributed by atoms with E-state index in [1.165, 1.54) is 0 Å². The molecule has 7 nitrogen and oxygen atoms in total. The van der Waals surface area contributed by atoms with Crippen molar-refractivity contribution in [3.05, 3.63) is 41.5 Å². The normalized spacial score (nSPS) is 11.1. The average molecular weight is 290 g/mol. The summed E-state index contributed by atoms with van der Waals surface area (Å²) in [6.45, 7) is 2.31. The molecule has 1 rings (SSSR count). The molecule has 0 atom stereocenters. The van der Waals surface area contributed by atoms with Crippen LogP contribution in [0.3, 0.4) is 0 Å². The molecule has 0 fully saturated rings. The smallest absolute Gasteiger partial charge is 0.352 e. The molecule has 1 heterocycles. The van der Waals surface area contributed by atoms with E-state index >= 15 is 0 Å². The molecule has 0 amide bonds. The third kappa shape index (κ3) is 5.50. The van der Waals surface area contributed by atoms with Gasteiger partial charge in [0.15, 0.2) is 5.57 Å². The zero-order valence-corrected chi connectivity index (χ0v) is 11.8. The van der Waals surface area contributed by atoms with E-state index in [9.17, 15) is 4.79 Å². The van der Waals surface area contributed by atoms with Gasteiger partial charge in [0.05, 0.1) is 13.2 Å². The lowest BCUT2D eigenvalue weighted by atomic mass is 10.2. The fourth-order valence-electron chi connectivity index (χ4n) is 1.52. The van der Waals surface area contributed by atoms with Crippen LogP contribution in [0, 0.1) is 11.3 Å². The summed E-state index contributed by atoms with van der Waals surface area (Å²) in [4.78, 5) is 15.7. The molecule has 0 spiro atoms. The molecule has 112 valence electrons. The lowest BCUT2D eigenvalue weighted by Gasteiger charge is -2.14. The Hall–Kier alpha value is -2.59. The number of hydrogen-bond acceptors (Lipinski definition) is 7. The van der Waals surface area contributed by atoms with Gasteiger partial charge in [0.1, 0.15) is 11.9 Å². The first-order valence-corrected chi connectivity index (χ1v) is 6.51. The standard InChI is InChI=1S/C14H18N4O3/c1-2-21-14(20)12(8-15)13(17-6-7-19)18-10-11-4-3-5-16-9-11/h3-5,9,17-19H,2,6-7,10H2,1H3/b13-12-. The van der Waals surface area contributed by atoms with Crippen molar-refractivity contribution >= 4 is 5.97 Å². The van der Waals surface area contributed by atoms with Gasteiger partial charge in [-0.3, -0.25) is 4.98 Å². The maximum atomic E-state index is 11.7. The van der Waals surface area contributed by atoms with E-state index in [1.54, 1.807) is 25.4 Å². The zero-order valence-electron chi connectivity index (χ0n) is 11.8. The summed E-state index contributed by atoms with van der Waals surface area (Å²) in [5.74, 6) is -0.479. The molecule has 0 saturated carbocycles. The molecule has 0 aliphatic rings. The summed E-state index contributed by atoms with van der Waals surface area (Å²) in [5, 5.41) is 23.8. The SMILES string of the molecule is CCOC(=O)/C(C#N)=C(/NCCO)NCc1cccnc1. The third-order valence-electron chi connectivity index (χ3n) is 2.45. The Balaban J connectivity index is 2.87. The number of ether oxygens (including phenoxy) is 1. The first kappa shape index (κ1) is 16.5. The molecule has 1 aromatic heterocycles. The minimum atomic E-state index is -0.709. The van der Waals surface area contributed by atoms with Crippen LogP contribution in [0.4, 0.5) is 0 Å². The number of esters is 1. The van der Waals surface area contributed by atoms with Gasteiger partial charge in [0, 0.05) is 25.5 Å². The Morgan fingerprint density at radius 3 is 2.90 bits per heavy atom. The maximum absolute atomic E-state index is 11.7. The van der Waals surface area contributed by atoms with E-state index in [1.807, 2.05) is 12.1 Å². The van der Waals surface area contributed by atoms with Gasteiger partial charge in [0.25, 0.3) is 0 Å². The van der Waals surface area contributed by atoms with Crippen LogP contribution in [0.1, 0.15) is 12.5 Å². The zero-order chi connectivity index (χ0) is 15.5. The number of aliphatic hydroxyl groups is 1. The molecule has 1 aromatic rings. The fraction of sp³-hybridized carbons (Fsp3) is 0.357. The Bertz CT molecular complexity index is 523. The van der Waals surface area contributed by atoms with Gasteiger partial charge in [-0.2, -0.15) is 5.26 Å². The summed E-state index contributed by atoms with van der Waals surface area (Å²) in [6.07, 6.45) is 3.33. The predicted molar refractivity (Wildman–Crippen MR) is 75.4 cm³/mol. The first-order valence-electron chi connectivity index (χ1n) is 6.51. The van der Waals surface area contributed by atoms with E-state index in [4.69, 9.17) is 15.1 Å². The van der Waals surface area contributed by atoms with Crippen LogP contribution >= 0.6 is 0 Å². The van der Waals surface area contributed by atoms with Crippen LogP contribution in [0.2, 0.25) is 0 Å². The summed E-state index contributed by atoms with van der Waals surface area (Å²) in [6, 6.07) is 5.47. The summed E-state index contributed by atoms with van der Waals surface area (Å²) >= 11 is 0. The Morgan fingerprint density at radius 1 is 1.52 bits per heavy atom. The highest BCUT2D eigenvalue weighted by molar-refractivity contribution is 5.93. The second kappa shape index (κ2) is 9.34. The number of hydrogen-bond donors (Lipinski definition) is 3. The Labute approximate surface area is 123 Å². The summed E-state index contributed by atoms with van der Waals surface area (Å²) in [5.41, 5.74) is 0.733.